The van der Waals surface area contributed by atoms with Gasteiger partial charge in [-0.2, -0.15) is 0 Å². The number of carboxylic acid groups (broad SMARTS) is 2. The predicted octanol–water partition coefficient (Wildman–Crippen LogP) is -0.843. The van der Waals surface area contributed by atoms with Gasteiger partial charge < -0.3 is 10.2 Å². The Morgan fingerprint density at radius 1 is 1.00 bits per heavy atom. The molecule has 0 unspecified atom stereocenters. The molecule has 0 fully saturated rings. The van der Waals surface area contributed by atoms with Gasteiger partial charge in [0.05, 0.1) is 0 Å². The summed E-state index contributed by atoms with van der Waals surface area (Å²) >= 11 is 0. The monoisotopic (exact) mass is 170 g/mol. The fraction of sp³-hybridized carbons (Fsp3) is 0. The molecule has 0 bridgehead atoms. The van der Waals surface area contributed by atoms with Crippen LogP contribution in [0.1, 0.15) is 0 Å². The number of rotatable bonds is 0. The van der Waals surface area contributed by atoms with Gasteiger partial charge in [0, 0.05) is 28.9 Å². The molecule has 0 heterocycles. The van der Waals surface area contributed by atoms with Gasteiger partial charge in [-0.15, -0.1) is 0 Å². The Bertz CT molecular complexity index is 157. The van der Waals surface area contributed by atoms with E-state index >= 15 is 0 Å². The van der Waals surface area contributed by atoms with Crippen LogP contribution in [0, 0.1) is 11.8 Å². The van der Waals surface area contributed by atoms with E-state index in [0.717, 1.165) is 0 Å². The van der Waals surface area contributed by atoms with Crippen LogP contribution in [0.4, 0.5) is 0 Å². The van der Waals surface area contributed by atoms with Crippen molar-refractivity contribution in [3.05, 3.63) is 0 Å². The number of hydrogen-bond acceptors (Lipinski definition) is 2. The summed E-state index contributed by atoms with van der Waals surface area (Å²) in [4.78, 5) is 18.9. The summed E-state index contributed by atoms with van der Waals surface area (Å²) in [6.45, 7) is 0. The van der Waals surface area contributed by atoms with Crippen LogP contribution in [0.15, 0.2) is 0 Å². The van der Waals surface area contributed by atoms with Crippen molar-refractivity contribution in [3.8, 4) is 11.8 Å². The molecular weight excluding hydrogens is 168 g/mol. The van der Waals surface area contributed by atoms with Gasteiger partial charge in [0.25, 0.3) is 0 Å². The van der Waals surface area contributed by atoms with Gasteiger partial charge in [-0.25, -0.2) is 9.59 Å². The molecule has 0 rings (SSSR count). The zero-order valence-electron chi connectivity index (χ0n) is 4.06. The molecule has 0 saturated carbocycles. The molecule has 0 saturated heterocycles. The van der Waals surface area contributed by atoms with Crippen LogP contribution in [-0.2, 0) is 26.7 Å². The normalized spacial score (nSPS) is 5.78. The van der Waals surface area contributed by atoms with Gasteiger partial charge >= 0.3 is 11.9 Å². The van der Waals surface area contributed by atoms with Gasteiger partial charge in [-0.05, 0) is 0 Å². The molecule has 0 aromatic rings. The van der Waals surface area contributed by atoms with E-state index in [1.807, 2.05) is 0 Å². The molecule has 0 spiro atoms. The maximum absolute atomic E-state index is 9.47. The summed E-state index contributed by atoms with van der Waals surface area (Å²) < 4.78 is 0. The zero-order valence-corrected chi connectivity index (χ0v) is 5.17. The molecule has 4 nitrogen and oxygen atoms in total. The van der Waals surface area contributed by atoms with Crippen molar-refractivity contribution >= 4 is 11.9 Å². The van der Waals surface area contributed by atoms with Crippen molar-refractivity contribution in [2.24, 2.45) is 0 Å². The third-order valence-electron chi connectivity index (χ3n) is 0.276. The first-order chi connectivity index (χ1) is 3.63. The Hall–Kier alpha value is -0.981. The van der Waals surface area contributed by atoms with E-state index in [9.17, 15) is 9.59 Å². The predicted molar refractivity (Wildman–Crippen MR) is 23.0 cm³/mol. The van der Waals surface area contributed by atoms with E-state index < -0.39 is 11.9 Å². The maximum atomic E-state index is 9.47. The van der Waals surface area contributed by atoms with Gasteiger partial charge in [-0.1, -0.05) is 0 Å². The minimum Gasteiger partial charge on any atom is -0.472 e. The Kier molecular flexibility index (Phi) is 6.25. The number of carbonyl (C=O) groups is 2. The molecule has 0 atom stereocenters. The second-order valence-corrected chi connectivity index (χ2v) is 0.860. The van der Waals surface area contributed by atoms with Crippen LogP contribution in [0.5, 0.6) is 0 Å². The molecule has 0 aromatic heterocycles. The van der Waals surface area contributed by atoms with E-state index in [4.69, 9.17) is 10.2 Å². The van der Waals surface area contributed by atoms with Crippen LogP contribution in [0.3, 0.4) is 0 Å². The molecule has 0 radical (unpaired) electrons. The Labute approximate surface area is 61.3 Å². The summed E-state index contributed by atoms with van der Waals surface area (Å²) in [7, 11) is 0. The van der Waals surface area contributed by atoms with E-state index in [-0.39, 0.29) is 17.1 Å². The molecule has 0 aromatic carbocycles. The smallest absolute Gasteiger partial charge is 0.382 e. The van der Waals surface area contributed by atoms with Gasteiger partial charge in [-0.3, -0.25) is 0 Å². The number of hydrogen-bond donors (Lipinski definition) is 2. The van der Waals surface area contributed by atoms with E-state index in [2.05, 4.69) is 0 Å². The minimum atomic E-state index is -1.44. The molecule has 0 aliphatic heterocycles. The van der Waals surface area contributed by atoms with Crippen LogP contribution in [0.2, 0.25) is 0 Å². The average Bonchev–Trinajstić information content (AvgIpc) is 1.61. The Morgan fingerprint density at radius 3 is 1.33 bits per heavy atom. The van der Waals surface area contributed by atoms with Crippen molar-refractivity contribution in [2.45, 2.75) is 0 Å². The molecule has 2 N–H and O–H groups in total. The number of aliphatic carboxylic acids is 2. The molecule has 0 aliphatic rings. The first-order valence-corrected chi connectivity index (χ1v) is 1.61. The summed E-state index contributed by atoms with van der Waals surface area (Å²) in [6, 6.07) is 0. The molecular formula is C4H2FeO4. The molecule has 50 valence electrons. The third kappa shape index (κ3) is 10.9. The second kappa shape index (κ2) is 5.16. The van der Waals surface area contributed by atoms with Gasteiger partial charge in [0.1, 0.15) is 0 Å². The van der Waals surface area contributed by atoms with E-state index in [1.54, 1.807) is 0 Å². The molecule has 0 aliphatic carbocycles. The summed E-state index contributed by atoms with van der Waals surface area (Å²) in [5.74, 6) is -0.0511. The largest absolute Gasteiger partial charge is 0.472 e. The zero-order chi connectivity index (χ0) is 6.57. The van der Waals surface area contributed by atoms with Crippen molar-refractivity contribution in [1.82, 2.24) is 0 Å². The van der Waals surface area contributed by atoms with E-state index in [1.165, 1.54) is 11.8 Å². The SMILES string of the molecule is O=C(O)C#CC(=O)O.[Fe]. The maximum Gasteiger partial charge on any atom is 0.382 e. The van der Waals surface area contributed by atoms with Crippen molar-refractivity contribution in [2.75, 3.05) is 0 Å². The Morgan fingerprint density at radius 2 is 1.22 bits per heavy atom. The van der Waals surface area contributed by atoms with Crippen LogP contribution >= 0.6 is 0 Å². The van der Waals surface area contributed by atoms with Crippen molar-refractivity contribution < 1.29 is 36.9 Å². The van der Waals surface area contributed by atoms with Gasteiger partial charge in [0.15, 0.2) is 0 Å². The van der Waals surface area contributed by atoms with E-state index in [0.29, 0.717) is 0 Å². The summed E-state index contributed by atoms with van der Waals surface area (Å²) in [5, 5.41) is 15.5. The number of carboxylic acids is 2. The fourth-order valence-electron chi connectivity index (χ4n) is 0.107. The first-order valence-electron chi connectivity index (χ1n) is 1.61. The van der Waals surface area contributed by atoms with Crippen molar-refractivity contribution in [3.63, 3.8) is 0 Å². The van der Waals surface area contributed by atoms with Crippen LogP contribution in [0.25, 0.3) is 0 Å². The fourth-order valence-corrected chi connectivity index (χ4v) is 0.107. The second-order valence-electron chi connectivity index (χ2n) is 0.860. The summed E-state index contributed by atoms with van der Waals surface area (Å²) in [6.07, 6.45) is 0. The van der Waals surface area contributed by atoms with Crippen molar-refractivity contribution in [1.29, 1.82) is 0 Å². The van der Waals surface area contributed by atoms with Gasteiger partial charge in [0.2, 0.25) is 0 Å². The first kappa shape index (κ1) is 10.9. The van der Waals surface area contributed by atoms with Crippen LogP contribution < -0.4 is 0 Å². The molecule has 5 heteroatoms. The standard InChI is InChI=1S/C4H2O4.Fe/c5-3(6)1-2-4(7)8;/h(H,5,6)(H,7,8);. The quantitative estimate of drug-likeness (QED) is 0.367. The molecule has 9 heavy (non-hydrogen) atoms. The minimum absolute atomic E-state index is 0. The summed E-state index contributed by atoms with van der Waals surface area (Å²) in [5.41, 5.74) is 0. The molecule has 0 amide bonds. The van der Waals surface area contributed by atoms with Crippen LogP contribution in [-0.4, -0.2) is 22.2 Å². The topological polar surface area (TPSA) is 74.6 Å². The Balaban J connectivity index is 0. The third-order valence-corrected chi connectivity index (χ3v) is 0.276. The average molecular weight is 170 g/mol.